The molecule has 2 aromatic rings. The molecule has 34 heavy (non-hydrogen) atoms. The lowest BCUT2D eigenvalue weighted by Gasteiger charge is -2.32. The van der Waals surface area contributed by atoms with E-state index < -0.39 is 17.4 Å². The van der Waals surface area contributed by atoms with Gasteiger partial charge in [-0.05, 0) is 44.4 Å². The van der Waals surface area contributed by atoms with Gasteiger partial charge in [0.25, 0.3) is 5.56 Å². The number of aromatic nitrogens is 2. The molecule has 9 nitrogen and oxygen atoms in total. The third-order valence-electron chi connectivity index (χ3n) is 5.88. The number of carbonyl (C=O) groups excluding carboxylic acids is 1. The molecule has 0 saturated carbocycles. The number of hydrogen-bond acceptors (Lipinski definition) is 7. The van der Waals surface area contributed by atoms with Crippen LogP contribution in [0.25, 0.3) is 0 Å². The average Bonchev–Trinajstić information content (AvgIpc) is 2.83. The number of fused-ring (bicyclic) bond motifs is 1. The van der Waals surface area contributed by atoms with Crippen LogP contribution in [0, 0.1) is 0 Å². The molecule has 1 aliphatic rings. The molecule has 0 aliphatic carbocycles. The van der Waals surface area contributed by atoms with Gasteiger partial charge in [0.15, 0.2) is 11.5 Å². The summed E-state index contributed by atoms with van der Waals surface area (Å²) in [6, 6.07) is 5.29. The Morgan fingerprint density at radius 3 is 2.24 bits per heavy atom. The second-order valence-electron chi connectivity index (χ2n) is 8.08. The number of ether oxygens (including phenoxy) is 3. The Balaban J connectivity index is 2.43. The molecule has 3 rings (SSSR count). The highest BCUT2D eigenvalue weighted by Gasteiger charge is 2.38. The number of anilines is 1. The fourth-order valence-electron chi connectivity index (χ4n) is 4.42. The van der Waals surface area contributed by atoms with Crippen molar-refractivity contribution < 1.29 is 19.0 Å². The number of nitrogens with zero attached hydrogens (tertiary/aromatic N) is 2. The van der Waals surface area contributed by atoms with Gasteiger partial charge in [-0.1, -0.05) is 19.9 Å². The summed E-state index contributed by atoms with van der Waals surface area (Å²) in [6.45, 7) is 8.26. The van der Waals surface area contributed by atoms with Gasteiger partial charge in [0.2, 0.25) is 0 Å². The Morgan fingerprint density at radius 2 is 1.65 bits per heavy atom. The molecule has 2 heterocycles. The first kappa shape index (κ1) is 25.1. The van der Waals surface area contributed by atoms with Crippen LogP contribution >= 0.6 is 0 Å². The fourth-order valence-corrected chi connectivity index (χ4v) is 4.42. The fraction of sp³-hybridized carbons (Fsp3) is 0.480. The molecular weight excluding hydrogens is 438 g/mol. The standard InChI is InChI=1S/C25H33N3O6/c1-7-12-27-22-21(23(29)28(13-8-2)25(27)31)20(19(15(4)26-22)24(30)34-9-3)16-10-11-17(32-5)18(14-16)33-6/h10-11,14,20,26H,7-9,12-13H2,1-6H3. The molecule has 1 N–H and O–H groups in total. The van der Waals surface area contributed by atoms with Crippen molar-refractivity contribution in [3.63, 3.8) is 0 Å². The first-order valence-electron chi connectivity index (χ1n) is 11.6. The largest absolute Gasteiger partial charge is 0.493 e. The van der Waals surface area contributed by atoms with Crippen molar-refractivity contribution in [2.45, 2.75) is 59.5 Å². The zero-order valence-electron chi connectivity index (χ0n) is 20.7. The van der Waals surface area contributed by atoms with Crippen LogP contribution in [-0.2, 0) is 22.6 Å². The highest BCUT2D eigenvalue weighted by atomic mass is 16.5. The second-order valence-corrected chi connectivity index (χ2v) is 8.08. The summed E-state index contributed by atoms with van der Waals surface area (Å²) in [5.74, 6) is 0.131. The maximum atomic E-state index is 13.8. The van der Waals surface area contributed by atoms with Crippen molar-refractivity contribution in [1.82, 2.24) is 9.13 Å². The van der Waals surface area contributed by atoms with E-state index in [-0.39, 0.29) is 18.8 Å². The number of benzene rings is 1. The van der Waals surface area contributed by atoms with Crippen LogP contribution in [0.5, 0.6) is 11.5 Å². The minimum Gasteiger partial charge on any atom is -0.493 e. The molecule has 9 heteroatoms. The van der Waals surface area contributed by atoms with Crippen molar-refractivity contribution in [3.05, 3.63) is 61.4 Å². The van der Waals surface area contributed by atoms with E-state index in [4.69, 9.17) is 14.2 Å². The van der Waals surface area contributed by atoms with Gasteiger partial charge in [-0.3, -0.25) is 13.9 Å². The van der Waals surface area contributed by atoms with Gasteiger partial charge < -0.3 is 19.5 Å². The zero-order valence-corrected chi connectivity index (χ0v) is 20.7. The van der Waals surface area contributed by atoms with Crippen molar-refractivity contribution >= 4 is 11.8 Å². The van der Waals surface area contributed by atoms with E-state index in [2.05, 4.69) is 5.32 Å². The highest BCUT2D eigenvalue weighted by molar-refractivity contribution is 5.94. The third kappa shape index (κ3) is 4.34. The number of nitrogens with one attached hydrogen (secondary N) is 1. The molecule has 0 spiro atoms. The quantitative estimate of drug-likeness (QED) is 0.560. The van der Waals surface area contributed by atoms with Gasteiger partial charge in [0, 0.05) is 18.8 Å². The van der Waals surface area contributed by atoms with E-state index >= 15 is 0 Å². The van der Waals surface area contributed by atoms with Crippen LogP contribution in [0.4, 0.5) is 5.82 Å². The lowest BCUT2D eigenvalue weighted by Crippen LogP contribution is -2.45. The van der Waals surface area contributed by atoms with Crippen molar-refractivity contribution in [2.75, 3.05) is 26.1 Å². The number of rotatable bonds is 9. The lowest BCUT2D eigenvalue weighted by molar-refractivity contribution is -0.138. The number of esters is 1. The van der Waals surface area contributed by atoms with E-state index in [1.165, 1.54) is 18.8 Å². The Labute approximate surface area is 199 Å². The van der Waals surface area contributed by atoms with E-state index in [0.717, 1.165) is 0 Å². The lowest BCUT2D eigenvalue weighted by atomic mass is 9.82. The number of methoxy groups -OCH3 is 2. The van der Waals surface area contributed by atoms with Gasteiger partial charge in [0.05, 0.1) is 37.9 Å². The molecule has 1 atom stereocenters. The molecule has 0 bridgehead atoms. The SMILES string of the molecule is CCCn1c2c(c(=O)n(CCC)c1=O)C(c1ccc(OC)c(OC)c1)C(C(=O)OCC)=C(C)N2. The Hall–Kier alpha value is -3.49. The minimum atomic E-state index is -0.755. The maximum absolute atomic E-state index is 13.8. The first-order chi connectivity index (χ1) is 16.3. The van der Waals surface area contributed by atoms with Crippen molar-refractivity contribution in [1.29, 1.82) is 0 Å². The van der Waals surface area contributed by atoms with Crippen LogP contribution in [0.15, 0.2) is 39.1 Å². The first-order valence-corrected chi connectivity index (χ1v) is 11.6. The van der Waals surface area contributed by atoms with E-state index in [0.29, 0.717) is 59.1 Å². The molecule has 1 aliphatic heterocycles. The van der Waals surface area contributed by atoms with Gasteiger partial charge in [-0.2, -0.15) is 0 Å². The third-order valence-corrected chi connectivity index (χ3v) is 5.88. The smallest absolute Gasteiger partial charge is 0.336 e. The maximum Gasteiger partial charge on any atom is 0.336 e. The predicted molar refractivity (Wildman–Crippen MR) is 130 cm³/mol. The summed E-state index contributed by atoms with van der Waals surface area (Å²) in [5, 5.41) is 3.18. The predicted octanol–water partition coefficient (Wildman–Crippen LogP) is 3.24. The summed E-state index contributed by atoms with van der Waals surface area (Å²) in [6.07, 6.45) is 1.32. The monoisotopic (exact) mass is 471 g/mol. The molecule has 184 valence electrons. The van der Waals surface area contributed by atoms with Crippen LogP contribution < -0.4 is 26.0 Å². The molecule has 1 unspecified atom stereocenters. The summed E-state index contributed by atoms with van der Waals surface area (Å²) in [7, 11) is 3.07. The van der Waals surface area contributed by atoms with Crippen molar-refractivity contribution in [2.24, 2.45) is 0 Å². The molecule has 0 saturated heterocycles. The summed E-state index contributed by atoms with van der Waals surface area (Å²) in [4.78, 5) is 40.1. The van der Waals surface area contributed by atoms with Gasteiger partial charge >= 0.3 is 11.7 Å². The van der Waals surface area contributed by atoms with Gasteiger partial charge in [-0.15, -0.1) is 0 Å². The van der Waals surface area contributed by atoms with E-state index in [1.54, 1.807) is 36.6 Å². The number of carbonyl (C=O) groups is 1. The van der Waals surface area contributed by atoms with Crippen LogP contribution in [0.1, 0.15) is 57.6 Å². The van der Waals surface area contributed by atoms with Gasteiger partial charge in [0.1, 0.15) is 5.82 Å². The van der Waals surface area contributed by atoms with Crippen molar-refractivity contribution in [3.8, 4) is 11.5 Å². The summed E-state index contributed by atoms with van der Waals surface area (Å²) >= 11 is 0. The molecule has 0 radical (unpaired) electrons. The average molecular weight is 472 g/mol. The number of allylic oxidation sites excluding steroid dienone is 1. The molecule has 1 aromatic carbocycles. The minimum absolute atomic E-state index is 0.191. The Morgan fingerprint density at radius 1 is 1.00 bits per heavy atom. The topological polar surface area (TPSA) is 101 Å². The van der Waals surface area contributed by atoms with E-state index in [9.17, 15) is 14.4 Å². The molecule has 0 amide bonds. The molecule has 1 aromatic heterocycles. The van der Waals surface area contributed by atoms with Crippen LogP contribution in [0.3, 0.4) is 0 Å². The van der Waals surface area contributed by atoms with Crippen LogP contribution in [-0.4, -0.2) is 35.9 Å². The highest BCUT2D eigenvalue weighted by Crippen LogP contribution is 2.42. The number of hydrogen-bond donors (Lipinski definition) is 1. The Kier molecular flexibility index (Phi) is 7.86. The van der Waals surface area contributed by atoms with E-state index in [1.807, 2.05) is 13.8 Å². The van der Waals surface area contributed by atoms with Crippen LogP contribution in [0.2, 0.25) is 0 Å². The van der Waals surface area contributed by atoms with Gasteiger partial charge in [-0.25, -0.2) is 9.59 Å². The molecule has 0 fully saturated rings. The molecular formula is C25H33N3O6. The second kappa shape index (κ2) is 10.6. The summed E-state index contributed by atoms with van der Waals surface area (Å²) in [5.41, 5.74) is 1.06. The normalized spacial score (nSPS) is 14.9. The summed E-state index contributed by atoms with van der Waals surface area (Å²) < 4.78 is 19.1. The zero-order chi connectivity index (χ0) is 25.0. The Bertz CT molecular complexity index is 1220.